The fourth-order valence-electron chi connectivity index (χ4n) is 3.58. The molecular formula is C17H24F3N5O. The van der Waals surface area contributed by atoms with Crippen molar-refractivity contribution in [2.75, 3.05) is 51.2 Å². The minimum Gasteiger partial charge on any atom is -0.345 e. The molecule has 6 nitrogen and oxygen atoms in total. The van der Waals surface area contributed by atoms with E-state index >= 15 is 0 Å². The maximum Gasteiger partial charge on any atom is 0.433 e. The van der Waals surface area contributed by atoms with Crippen LogP contribution in [0.3, 0.4) is 0 Å². The Kier molecular flexibility index (Phi) is 5.36. The molecule has 1 aromatic rings. The van der Waals surface area contributed by atoms with Gasteiger partial charge in [-0.25, -0.2) is 9.97 Å². The summed E-state index contributed by atoms with van der Waals surface area (Å²) in [5.41, 5.74) is -0.572. The second-order valence-corrected chi connectivity index (χ2v) is 7.16. The summed E-state index contributed by atoms with van der Waals surface area (Å²) in [5, 5.41) is 0. The lowest BCUT2D eigenvalue weighted by Crippen LogP contribution is -2.50. The van der Waals surface area contributed by atoms with Crippen LogP contribution in [0.2, 0.25) is 0 Å². The van der Waals surface area contributed by atoms with Crippen molar-refractivity contribution >= 4 is 11.9 Å². The fourth-order valence-corrected chi connectivity index (χ4v) is 3.58. The highest BCUT2D eigenvalue weighted by Gasteiger charge is 2.34. The van der Waals surface area contributed by atoms with Crippen LogP contribution in [-0.2, 0) is 11.0 Å². The van der Waals surface area contributed by atoms with E-state index in [1.54, 1.807) is 11.8 Å². The first-order valence-electron chi connectivity index (χ1n) is 8.86. The summed E-state index contributed by atoms with van der Waals surface area (Å²) in [5.74, 6) is 0.805. The van der Waals surface area contributed by atoms with Gasteiger partial charge in [-0.3, -0.25) is 9.69 Å². The van der Waals surface area contributed by atoms with E-state index in [1.807, 2.05) is 11.9 Å². The SMILES string of the molecule is Cc1cc(C(F)(F)F)nc(N2CCN(CC3CCC(=O)N(C)C3)CC2)n1. The summed E-state index contributed by atoms with van der Waals surface area (Å²) in [7, 11) is 1.83. The summed E-state index contributed by atoms with van der Waals surface area (Å²) in [6.07, 6.45) is -2.97. The van der Waals surface area contributed by atoms with E-state index in [-0.39, 0.29) is 11.9 Å². The Morgan fingerprint density at radius 3 is 2.50 bits per heavy atom. The molecule has 0 radical (unpaired) electrons. The number of aromatic nitrogens is 2. The van der Waals surface area contributed by atoms with Gasteiger partial charge < -0.3 is 9.80 Å². The van der Waals surface area contributed by atoms with Crippen LogP contribution in [0.15, 0.2) is 6.07 Å². The summed E-state index contributed by atoms with van der Waals surface area (Å²) in [4.78, 5) is 25.4. The van der Waals surface area contributed by atoms with Gasteiger partial charge in [-0.05, 0) is 25.3 Å². The molecule has 0 saturated carbocycles. The zero-order valence-electron chi connectivity index (χ0n) is 15.1. The van der Waals surface area contributed by atoms with E-state index in [4.69, 9.17) is 0 Å². The third-order valence-electron chi connectivity index (χ3n) is 5.03. The highest BCUT2D eigenvalue weighted by Crippen LogP contribution is 2.29. The number of piperazine rings is 1. The van der Waals surface area contributed by atoms with Crippen LogP contribution in [0.1, 0.15) is 24.2 Å². The zero-order valence-corrected chi connectivity index (χ0v) is 15.1. The van der Waals surface area contributed by atoms with Crippen molar-refractivity contribution in [2.45, 2.75) is 25.9 Å². The van der Waals surface area contributed by atoms with Gasteiger partial charge in [0.05, 0.1) is 0 Å². The number of hydrogen-bond donors (Lipinski definition) is 0. The van der Waals surface area contributed by atoms with Crippen molar-refractivity contribution in [3.8, 4) is 0 Å². The van der Waals surface area contributed by atoms with Gasteiger partial charge in [-0.2, -0.15) is 13.2 Å². The van der Waals surface area contributed by atoms with Crippen molar-refractivity contribution in [3.63, 3.8) is 0 Å². The molecule has 1 unspecified atom stereocenters. The Morgan fingerprint density at radius 2 is 1.88 bits per heavy atom. The summed E-state index contributed by atoms with van der Waals surface area (Å²) in [6.45, 7) is 5.95. The fraction of sp³-hybridized carbons (Fsp3) is 0.706. The van der Waals surface area contributed by atoms with E-state index < -0.39 is 11.9 Å². The Balaban J connectivity index is 1.57. The van der Waals surface area contributed by atoms with E-state index in [9.17, 15) is 18.0 Å². The van der Waals surface area contributed by atoms with Crippen molar-refractivity contribution in [1.29, 1.82) is 0 Å². The molecule has 0 spiro atoms. The first kappa shape index (κ1) is 18.9. The number of piperidine rings is 1. The van der Waals surface area contributed by atoms with E-state index in [1.165, 1.54) is 0 Å². The predicted octanol–water partition coefficient (Wildman–Crippen LogP) is 1.79. The quantitative estimate of drug-likeness (QED) is 0.811. The largest absolute Gasteiger partial charge is 0.433 e. The van der Waals surface area contributed by atoms with Crippen molar-refractivity contribution in [3.05, 3.63) is 17.5 Å². The molecule has 0 aromatic carbocycles. The van der Waals surface area contributed by atoms with E-state index in [0.29, 0.717) is 31.1 Å². The number of carbonyl (C=O) groups is 1. The molecule has 3 rings (SSSR count). The number of aryl methyl sites for hydroxylation is 1. The smallest absolute Gasteiger partial charge is 0.345 e. The lowest BCUT2D eigenvalue weighted by atomic mass is 9.97. The van der Waals surface area contributed by atoms with Crippen LogP contribution in [-0.4, -0.2) is 72.0 Å². The highest BCUT2D eigenvalue weighted by atomic mass is 19.4. The lowest BCUT2D eigenvalue weighted by Gasteiger charge is -2.38. The number of nitrogens with zero attached hydrogens (tertiary/aromatic N) is 5. The number of alkyl halides is 3. The second kappa shape index (κ2) is 7.38. The van der Waals surface area contributed by atoms with E-state index in [0.717, 1.165) is 38.7 Å². The van der Waals surface area contributed by atoms with Crippen LogP contribution in [0.4, 0.5) is 19.1 Å². The van der Waals surface area contributed by atoms with Gasteiger partial charge in [0.2, 0.25) is 11.9 Å². The number of likely N-dealkylation sites (tertiary alicyclic amines) is 1. The molecular weight excluding hydrogens is 347 g/mol. The lowest BCUT2D eigenvalue weighted by molar-refractivity contribution is -0.141. The number of carbonyl (C=O) groups excluding carboxylic acids is 1. The van der Waals surface area contributed by atoms with Gasteiger partial charge in [-0.1, -0.05) is 0 Å². The Hall–Kier alpha value is -1.90. The minimum absolute atomic E-state index is 0.153. The molecule has 9 heteroatoms. The first-order chi connectivity index (χ1) is 12.2. The Morgan fingerprint density at radius 1 is 1.19 bits per heavy atom. The van der Waals surface area contributed by atoms with Crippen molar-refractivity contribution in [2.24, 2.45) is 5.92 Å². The molecule has 144 valence electrons. The molecule has 26 heavy (non-hydrogen) atoms. The summed E-state index contributed by atoms with van der Waals surface area (Å²) in [6, 6.07) is 0.973. The molecule has 1 atom stereocenters. The molecule has 0 aliphatic carbocycles. The van der Waals surface area contributed by atoms with Crippen LogP contribution in [0.5, 0.6) is 0 Å². The molecule has 0 bridgehead atoms. The van der Waals surface area contributed by atoms with Crippen LogP contribution >= 0.6 is 0 Å². The number of amides is 1. The van der Waals surface area contributed by atoms with Gasteiger partial charge in [0.15, 0.2) is 0 Å². The molecule has 2 fully saturated rings. The van der Waals surface area contributed by atoms with Crippen molar-refractivity contribution < 1.29 is 18.0 Å². The third kappa shape index (κ3) is 4.44. The normalized spacial score (nSPS) is 22.8. The Bertz CT molecular complexity index is 658. The second-order valence-electron chi connectivity index (χ2n) is 7.16. The highest BCUT2D eigenvalue weighted by molar-refractivity contribution is 5.76. The van der Waals surface area contributed by atoms with Crippen LogP contribution in [0, 0.1) is 12.8 Å². The maximum atomic E-state index is 13.0. The topological polar surface area (TPSA) is 52.6 Å². The number of halogens is 3. The average molecular weight is 371 g/mol. The minimum atomic E-state index is -4.46. The number of anilines is 1. The molecule has 1 aromatic heterocycles. The van der Waals surface area contributed by atoms with Gasteiger partial charge in [-0.15, -0.1) is 0 Å². The van der Waals surface area contributed by atoms with Gasteiger partial charge in [0.25, 0.3) is 0 Å². The van der Waals surface area contributed by atoms with Crippen LogP contribution in [0.25, 0.3) is 0 Å². The molecule has 2 aliphatic rings. The molecule has 1 amide bonds. The molecule has 3 heterocycles. The molecule has 0 N–H and O–H groups in total. The van der Waals surface area contributed by atoms with Crippen LogP contribution < -0.4 is 4.90 Å². The first-order valence-corrected chi connectivity index (χ1v) is 8.86. The van der Waals surface area contributed by atoms with Crippen molar-refractivity contribution in [1.82, 2.24) is 19.8 Å². The van der Waals surface area contributed by atoms with Gasteiger partial charge in [0, 0.05) is 58.4 Å². The van der Waals surface area contributed by atoms with Gasteiger partial charge >= 0.3 is 6.18 Å². The Labute approximate surface area is 151 Å². The molecule has 2 saturated heterocycles. The predicted molar refractivity (Wildman–Crippen MR) is 90.8 cm³/mol. The number of rotatable bonds is 3. The summed E-state index contributed by atoms with van der Waals surface area (Å²) < 4.78 is 38.9. The number of hydrogen-bond acceptors (Lipinski definition) is 5. The zero-order chi connectivity index (χ0) is 18.9. The monoisotopic (exact) mass is 371 g/mol. The molecule has 2 aliphatic heterocycles. The maximum absolute atomic E-state index is 13.0. The average Bonchev–Trinajstić information content (AvgIpc) is 2.57. The third-order valence-corrected chi connectivity index (χ3v) is 5.03. The van der Waals surface area contributed by atoms with E-state index in [2.05, 4.69) is 14.9 Å². The van der Waals surface area contributed by atoms with Gasteiger partial charge in [0.1, 0.15) is 5.69 Å². The summed E-state index contributed by atoms with van der Waals surface area (Å²) >= 11 is 0. The standard InChI is InChI=1S/C17H24F3N5O/c1-12-9-14(17(18,19)20)22-16(21-12)25-7-5-24(6-8-25)11-13-3-4-15(26)23(2)10-13/h9,13H,3-8,10-11H2,1-2H3.